The van der Waals surface area contributed by atoms with Gasteiger partial charge in [-0.2, -0.15) is 0 Å². The first-order chi connectivity index (χ1) is 5.29. The molecule has 0 aliphatic carbocycles. The van der Waals surface area contributed by atoms with Gasteiger partial charge in [-0.3, -0.25) is 9.60 Å². The second-order valence-electron chi connectivity index (χ2n) is 3.62. The molecule has 2 aliphatic rings. The maximum absolute atomic E-state index is 9.50. The van der Waals surface area contributed by atoms with Gasteiger partial charge in [-0.1, -0.05) is 6.42 Å². The molecule has 2 N–H and O–H groups in total. The lowest BCUT2D eigenvalue weighted by atomic mass is 10.0. The first kappa shape index (κ1) is 9.89. The highest BCUT2D eigenvalue weighted by atomic mass is 19.0. The first-order valence-corrected chi connectivity index (χ1v) is 4.39. The number of rotatable bonds is 0. The molecule has 0 saturated carbocycles. The minimum atomic E-state index is -0.502. The van der Waals surface area contributed by atoms with Gasteiger partial charge in [0.25, 0.3) is 0 Å². The van der Waals surface area contributed by atoms with E-state index in [2.05, 4.69) is 4.90 Å². The molecule has 4 heteroatoms. The molecule has 2 rings (SSSR count). The SMILES string of the molecule is F.OC1CN2CCCCC2C1O. The molecular weight excluding hydrogens is 161 g/mol. The molecule has 0 spiro atoms. The lowest BCUT2D eigenvalue weighted by Crippen LogP contribution is -2.39. The standard InChI is InChI=1S/C8H15NO2.FH/c10-7-5-9-4-2-1-3-6(9)8(7)11;/h6-8,10-11H,1-5H2;1H. The Labute approximate surface area is 71.4 Å². The van der Waals surface area contributed by atoms with Crippen LogP contribution in [0.4, 0.5) is 4.70 Å². The molecule has 0 aromatic heterocycles. The van der Waals surface area contributed by atoms with Gasteiger partial charge in [0.15, 0.2) is 0 Å². The molecule has 2 saturated heterocycles. The van der Waals surface area contributed by atoms with Crippen LogP contribution in [0.5, 0.6) is 0 Å². The molecule has 0 bridgehead atoms. The van der Waals surface area contributed by atoms with Crippen molar-refractivity contribution in [1.29, 1.82) is 0 Å². The van der Waals surface area contributed by atoms with Gasteiger partial charge < -0.3 is 10.2 Å². The average molecular weight is 177 g/mol. The van der Waals surface area contributed by atoms with Crippen molar-refractivity contribution in [3.8, 4) is 0 Å². The van der Waals surface area contributed by atoms with Crippen molar-refractivity contribution < 1.29 is 14.9 Å². The summed E-state index contributed by atoms with van der Waals surface area (Å²) in [5.74, 6) is 0. The van der Waals surface area contributed by atoms with Crippen molar-refractivity contribution >= 4 is 0 Å². The van der Waals surface area contributed by atoms with E-state index in [0.717, 1.165) is 13.0 Å². The summed E-state index contributed by atoms with van der Waals surface area (Å²) in [6.45, 7) is 1.73. The second-order valence-corrected chi connectivity index (χ2v) is 3.62. The molecule has 2 fully saturated rings. The van der Waals surface area contributed by atoms with Gasteiger partial charge in [0.05, 0.1) is 12.2 Å². The monoisotopic (exact) mass is 177 g/mol. The Kier molecular flexibility index (Phi) is 3.04. The third kappa shape index (κ3) is 1.46. The Bertz CT molecular complexity index is 156. The highest BCUT2D eigenvalue weighted by Crippen LogP contribution is 2.26. The Morgan fingerprint density at radius 3 is 2.58 bits per heavy atom. The average Bonchev–Trinajstić information content (AvgIpc) is 2.30. The number of nitrogens with zero attached hydrogens (tertiary/aromatic N) is 1. The third-order valence-corrected chi connectivity index (χ3v) is 2.87. The van der Waals surface area contributed by atoms with Gasteiger partial charge in [0.2, 0.25) is 0 Å². The van der Waals surface area contributed by atoms with Crippen LogP contribution in [-0.2, 0) is 0 Å². The van der Waals surface area contributed by atoms with E-state index < -0.39 is 12.2 Å². The van der Waals surface area contributed by atoms with Crippen molar-refractivity contribution in [2.45, 2.75) is 37.5 Å². The molecule has 3 unspecified atom stereocenters. The topological polar surface area (TPSA) is 43.7 Å². The molecule has 72 valence electrons. The Hall–Kier alpha value is -0.190. The van der Waals surface area contributed by atoms with Crippen molar-refractivity contribution in [2.24, 2.45) is 0 Å². The zero-order chi connectivity index (χ0) is 7.84. The number of halogens is 1. The van der Waals surface area contributed by atoms with E-state index >= 15 is 0 Å². The van der Waals surface area contributed by atoms with E-state index in [4.69, 9.17) is 0 Å². The van der Waals surface area contributed by atoms with Crippen LogP contribution in [-0.4, -0.2) is 46.5 Å². The van der Waals surface area contributed by atoms with Gasteiger partial charge >= 0.3 is 0 Å². The molecule has 0 amide bonds. The van der Waals surface area contributed by atoms with E-state index in [1.807, 2.05) is 0 Å². The quantitative estimate of drug-likeness (QED) is 0.535. The van der Waals surface area contributed by atoms with Crippen molar-refractivity contribution in [3.63, 3.8) is 0 Å². The molecule has 3 nitrogen and oxygen atoms in total. The van der Waals surface area contributed by atoms with E-state index in [1.165, 1.54) is 12.8 Å². The normalized spacial score (nSPS) is 42.0. The Morgan fingerprint density at radius 2 is 1.92 bits per heavy atom. The number of hydrogen-bond acceptors (Lipinski definition) is 3. The summed E-state index contributed by atoms with van der Waals surface area (Å²) in [7, 11) is 0. The zero-order valence-corrected chi connectivity index (χ0v) is 7.02. The largest absolute Gasteiger partial charge is 0.389 e. The van der Waals surface area contributed by atoms with E-state index in [9.17, 15) is 10.2 Å². The van der Waals surface area contributed by atoms with Crippen LogP contribution in [0.15, 0.2) is 0 Å². The van der Waals surface area contributed by atoms with E-state index in [-0.39, 0.29) is 10.7 Å². The molecule has 2 aliphatic heterocycles. The van der Waals surface area contributed by atoms with Crippen LogP contribution >= 0.6 is 0 Å². The van der Waals surface area contributed by atoms with Gasteiger partial charge in [0, 0.05) is 12.6 Å². The summed E-state index contributed by atoms with van der Waals surface area (Å²) < 4.78 is 0. The van der Waals surface area contributed by atoms with Gasteiger partial charge in [0.1, 0.15) is 0 Å². The fourth-order valence-electron chi connectivity index (χ4n) is 2.23. The molecular formula is C8H16FNO2. The highest BCUT2D eigenvalue weighted by Gasteiger charge is 2.40. The first-order valence-electron chi connectivity index (χ1n) is 4.39. The highest BCUT2D eigenvalue weighted by molar-refractivity contribution is 4.94. The molecule has 12 heavy (non-hydrogen) atoms. The summed E-state index contributed by atoms with van der Waals surface area (Å²) >= 11 is 0. The van der Waals surface area contributed by atoms with Crippen molar-refractivity contribution in [1.82, 2.24) is 4.90 Å². The number of hydrogen-bond donors (Lipinski definition) is 2. The number of piperidine rings is 1. The number of aliphatic hydroxyl groups is 2. The predicted molar refractivity (Wildman–Crippen MR) is 43.7 cm³/mol. The minimum absolute atomic E-state index is 0. The van der Waals surface area contributed by atoms with Crippen LogP contribution in [0.3, 0.4) is 0 Å². The van der Waals surface area contributed by atoms with Crippen LogP contribution in [0.25, 0.3) is 0 Å². The smallest absolute Gasteiger partial charge is 0.0966 e. The third-order valence-electron chi connectivity index (χ3n) is 2.87. The molecule has 0 aromatic rings. The van der Waals surface area contributed by atoms with Crippen LogP contribution < -0.4 is 0 Å². The fourth-order valence-corrected chi connectivity index (χ4v) is 2.23. The molecule has 2 heterocycles. The molecule has 3 atom stereocenters. The van der Waals surface area contributed by atoms with Gasteiger partial charge in [-0.05, 0) is 19.4 Å². The maximum Gasteiger partial charge on any atom is 0.0966 e. The second kappa shape index (κ2) is 3.68. The predicted octanol–water partition coefficient (Wildman–Crippen LogP) is -0.271. The molecule has 0 radical (unpaired) electrons. The van der Waals surface area contributed by atoms with Crippen molar-refractivity contribution in [2.75, 3.05) is 13.1 Å². The summed E-state index contributed by atoms with van der Waals surface area (Å²) in [6, 6.07) is 0.249. The molecule has 0 aromatic carbocycles. The summed E-state index contributed by atoms with van der Waals surface area (Å²) in [4.78, 5) is 2.21. The van der Waals surface area contributed by atoms with Crippen LogP contribution in [0.2, 0.25) is 0 Å². The van der Waals surface area contributed by atoms with Gasteiger partial charge in [-0.25, -0.2) is 0 Å². The Balaban J connectivity index is 0.000000720. The summed E-state index contributed by atoms with van der Waals surface area (Å²) in [5.41, 5.74) is 0. The number of fused-ring (bicyclic) bond motifs is 1. The Morgan fingerprint density at radius 1 is 1.17 bits per heavy atom. The summed E-state index contributed by atoms with van der Waals surface area (Å²) in [5, 5.41) is 18.8. The lowest BCUT2D eigenvalue weighted by Gasteiger charge is -2.29. The summed E-state index contributed by atoms with van der Waals surface area (Å²) in [6.07, 6.45) is 2.48. The maximum atomic E-state index is 9.50. The minimum Gasteiger partial charge on any atom is -0.389 e. The zero-order valence-electron chi connectivity index (χ0n) is 7.02. The van der Waals surface area contributed by atoms with Crippen LogP contribution in [0.1, 0.15) is 19.3 Å². The van der Waals surface area contributed by atoms with E-state index in [0.29, 0.717) is 6.54 Å². The number of aliphatic hydroxyl groups excluding tert-OH is 2. The van der Waals surface area contributed by atoms with Crippen LogP contribution in [0, 0.1) is 0 Å². The lowest BCUT2D eigenvalue weighted by molar-refractivity contribution is 0.0318. The van der Waals surface area contributed by atoms with Crippen molar-refractivity contribution in [3.05, 3.63) is 0 Å². The van der Waals surface area contributed by atoms with E-state index in [1.54, 1.807) is 0 Å². The fraction of sp³-hybridized carbons (Fsp3) is 1.00. The van der Waals surface area contributed by atoms with Gasteiger partial charge in [-0.15, -0.1) is 0 Å².